The zero-order valence-electron chi connectivity index (χ0n) is 18.6. The fourth-order valence-corrected chi connectivity index (χ4v) is 3.58. The zero-order valence-corrected chi connectivity index (χ0v) is 18.6. The Kier molecular flexibility index (Phi) is 7.07. The van der Waals surface area contributed by atoms with Gasteiger partial charge in [-0.2, -0.15) is 0 Å². The first-order valence-electron chi connectivity index (χ1n) is 10.8. The highest BCUT2D eigenvalue weighted by Gasteiger charge is 2.36. The standard InChI is InChI=1S/C26H24N2O6/c1-32-23-9-5-6-20(15-23)28-16-18(14-25(28)30)26(31)33-17-24(29)27-19-10-12-22(13-11-19)34-21-7-3-2-4-8-21/h2-13,15,18H,14,16-17H2,1H3,(H,27,29)/t18-/m0/s1. The lowest BCUT2D eigenvalue weighted by molar-refractivity contribution is -0.151. The third kappa shape index (κ3) is 5.72. The minimum atomic E-state index is -0.638. The lowest BCUT2D eigenvalue weighted by atomic mass is 10.1. The van der Waals surface area contributed by atoms with Crippen LogP contribution in [0.5, 0.6) is 17.2 Å². The Hall–Kier alpha value is -4.33. The van der Waals surface area contributed by atoms with Gasteiger partial charge in [0.05, 0.1) is 13.0 Å². The summed E-state index contributed by atoms with van der Waals surface area (Å²) in [5, 5.41) is 2.67. The molecule has 1 heterocycles. The molecule has 4 rings (SSSR count). The van der Waals surface area contributed by atoms with Crippen LogP contribution in [0.15, 0.2) is 78.9 Å². The Morgan fingerprint density at radius 3 is 2.38 bits per heavy atom. The number of hydrogen-bond donors (Lipinski definition) is 1. The average Bonchev–Trinajstić information content (AvgIpc) is 3.26. The Morgan fingerprint density at radius 1 is 0.941 bits per heavy atom. The summed E-state index contributed by atoms with van der Waals surface area (Å²) in [5.41, 5.74) is 1.19. The van der Waals surface area contributed by atoms with Crippen molar-refractivity contribution in [2.75, 3.05) is 30.5 Å². The second kappa shape index (κ2) is 10.5. The quantitative estimate of drug-likeness (QED) is 0.510. The molecule has 2 amide bonds. The molecule has 1 aliphatic rings. The number of esters is 1. The monoisotopic (exact) mass is 460 g/mol. The Labute approximate surface area is 197 Å². The lowest BCUT2D eigenvalue weighted by Gasteiger charge is -2.17. The van der Waals surface area contributed by atoms with Crippen LogP contribution in [-0.2, 0) is 19.1 Å². The predicted molar refractivity (Wildman–Crippen MR) is 126 cm³/mol. The van der Waals surface area contributed by atoms with E-state index in [-0.39, 0.29) is 18.9 Å². The fraction of sp³-hybridized carbons (Fsp3) is 0.192. The van der Waals surface area contributed by atoms with E-state index < -0.39 is 24.4 Å². The number of ether oxygens (including phenoxy) is 3. The first-order valence-corrected chi connectivity index (χ1v) is 10.8. The maximum absolute atomic E-state index is 12.4. The first-order chi connectivity index (χ1) is 16.5. The molecule has 0 aromatic heterocycles. The van der Waals surface area contributed by atoms with Gasteiger partial charge in [-0.15, -0.1) is 0 Å². The Bertz CT molecular complexity index is 1160. The predicted octanol–water partition coefficient (Wildman–Crippen LogP) is 4.02. The summed E-state index contributed by atoms with van der Waals surface area (Å²) in [6.45, 7) is -0.250. The number of amides is 2. The van der Waals surface area contributed by atoms with Gasteiger partial charge in [0.25, 0.3) is 5.91 Å². The highest BCUT2D eigenvalue weighted by Crippen LogP contribution is 2.28. The maximum atomic E-state index is 12.4. The van der Waals surface area contributed by atoms with Crippen molar-refractivity contribution in [2.45, 2.75) is 6.42 Å². The summed E-state index contributed by atoms with van der Waals surface area (Å²) in [7, 11) is 1.54. The molecule has 1 fully saturated rings. The molecule has 1 atom stereocenters. The molecule has 0 saturated carbocycles. The number of para-hydroxylation sites is 1. The van der Waals surface area contributed by atoms with Gasteiger partial charge < -0.3 is 24.4 Å². The van der Waals surface area contributed by atoms with E-state index in [1.165, 1.54) is 4.90 Å². The van der Waals surface area contributed by atoms with Gasteiger partial charge in [0, 0.05) is 30.4 Å². The number of benzene rings is 3. The molecule has 0 unspecified atom stereocenters. The van der Waals surface area contributed by atoms with Crippen LogP contribution in [0, 0.1) is 5.92 Å². The number of methoxy groups -OCH3 is 1. The fourth-order valence-electron chi connectivity index (χ4n) is 3.58. The van der Waals surface area contributed by atoms with E-state index in [1.807, 2.05) is 30.3 Å². The van der Waals surface area contributed by atoms with Gasteiger partial charge in [0.2, 0.25) is 5.91 Å². The van der Waals surface area contributed by atoms with Crippen molar-refractivity contribution in [1.82, 2.24) is 0 Å². The number of carbonyl (C=O) groups excluding carboxylic acids is 3. The minimum Gasteiger partial charge on any atom is -0.497 e. The summed E-state index contributed by atoms with van der Waals surface area (Å²) < 4.78 is 16.1. The van der Waals surface area contributed by atoms with Gasteiger partial charge in [0.1, 0.15) is 17.2 Å². The minimum absolute atomic E-state index is 0.0283. The van der Waals surface area contributed by atoms with Crippen LogP contribution >= 0.6 is 0 Å². The molecule has 0 spiro atoms. The molecule has 8 heteroatoms. The summed E-state index contributed by atoms with van der Waals surface area (Å²) in [4.78, 5) is 38.6. The molecule has 0 radical (unpaired) electrons. The third-order valence-electron chi connectivity index (χ3n) is 5.29. The normalized spacial score (nSPS) is 15.0. The number of carbonyl (C=O) groups is 3. The molecule has 174 valence electrons. The van der Waals surface area contributed by atoms with Crippen LogP contribution in [-0.4, -0.2) is 38.0 Å². The van der Waals surface area contributed by atoms with Crippen LogP contribution in [0.25, 0.3) is 0 Å². The lowest BCUT2D eigenvalue weighted by Crippen LogP contribution is -2.28. The second-order valence-corrected chi connectivity index (χ2v) is 7.70. The highest BCUT2D eigenvalue weighted by atomic mass is 16.5. The van der Waals surface area contributed by atoms with Crippen molar-refractivity contribution < 1.29 is 28.6 Å². The number of anilines is 2. The van der Waals surface area contributed by atoms with E-state index in [4.69, 9.17) is 14.2 Å². The molecule has 1 saturated heterocycles. The largest absolute Gasteiger partial charge is 0.497 e. The third-order valence-corrected chi connectivity index (χ3v) is 5.29. The van der Waals surface area contributed by atoms with Gasteiger partial charge in [0.15, 0.2) is 6.61 Å². The molecular weight excluding hydrogens is 436 g/mol. The molecule has 0 bridgehead atoms. The van der Waals surface area contributed by atoms with Gasteiger partial charge in [-0.1, -0.05) is 24.3 Å². The van der Waals surface area contributed by atoms with E-state index >= 15 is 0 Å². The van der Waals surface area contributed by atoms with Crippen molar-refractivity contribution in [3.8, 4) is 17.2 Å². The first kappa shape index (κ1) is 22.8. The topological polar surface area (TPSA) is 94.2 Å². The van der Waals surface area contributed by atoms with Crippen LogP contribution in [0.4, 0.5) is 11.4 Å². The number of nitrogens with one attached hydrogen (secondary N) is 1. The van der Waals surface area contributed by atoms with Crippen molar-refractivity contribution in [2.24, 2.45) is 5.92 Å². The van der Waals surface area contributed by atoms with E-state index in [1.54, 1.807) is 55.6 Å². The summed E-state index contributed by atoms with van der Waals surface area (Å²) >= 11 is 0. The van der Waals surface area contributed by atoms with Crippen LogP contribution < -0.4 is 19.7 Å². The molecule has 1 aliphatic heterocycles. The Morgan fingerprint density at radius 2 is 1.65 bits per heavy atom. The van der Waals surface area contributed by atoms with E-state index in [0.717, 1.165) is 0 Å². The van der Waals surface area contributed by atoms with Crippen molar-refractivity contribution >= 4 is 29.2 Å². The molecule has 1 N–H and O–H groups in total. The molecule has 3 aromatic carbocycles. The van der Waals surface area contributed by atoms with Crippen LogP contribution in [0.1, 0.15) is 6.42 Å². The van der Waals surface area contributed by atoms with Crippen molar-refractivity contribution in [3.63, 3.8) is 0 Å². The molecule has 3 aromatic rings. The summed E-state index contributed by atoms with van der Waals surface area (Å²) in [5.74, 6) is 0.0780. The van der Waals surface area contributed by atoms with Gasteiger partial charge in [-0.25, -0.2) is 0 Å². The molecule has 34 heavy (non-hydrogen) atoms. The number of nitrogens with zero attached hydrogens (tertiary/aromatic N) is 1. The van der Waals surface area contributed by atoms with Gasteiger partial charge in [-0.3, -0.25) is 14.4 Å². The van der Waals surface area contributed by atoms with E-state index in [9.17, 15) is 14.4 Å². The Balaban J connectivity index is 1.25. The van der Waals surface area contributed by atoms with Crippen molar-refractivity contribution in [1.29, 1.82) is 0 Å². The SMILES string of the molecule is COc1cccc(N2C[C@@H](C(=O)OCC(=O)Nc3ccc(Oc4ccccc4)cc3)CC2=O)c1. The van der Waals surface area contributed by atoms with Crippen LogP contribution in [0.2, 0.25) is 0 Å². The zero-order chi connectivity index (χ0) is 23.9. The molecular formula is C26H24N2O6. The number of hydrogen-bond acceptors (Lipinski definition) is 6. The number of rotatable bonds is 8. The summed E-state index contributed by atoms with van der Waals surface area (Å²) in [6, 6.07) is 23.3. The van der Waals surface area contributed by atoms with Crippen LogP contribution in [0.3, 0.4) is 0 Å². The van der Waals surface area contributed by atoms with E-state index in [2.05, 4.69) is 5.32 Å². The second-order valence-electron chi connectivity index (χ2n) is 7.70. The smallest absolute Gasteiger partial charge is 0.311 e. The van der Waals surface area contributed by atoms with Crippen molar-refractivity contribution in [3.05, 3.63) is 78.9 Å². The maximum Gasteiger partial charge on any atom is 0.311 e. The molecule has 8 nitrogen and oxygen atoms in total. The van der Waals surface area contributed by atoms with E-state index in [0.29, 0.717) is 28.6 Å². The van der Waals surface area contributed by atoms with Gasteiger partial charge in [-0.05, 0) is 48.5 Å². The molecule has 0 aliphatic carbocycles. The average molecular weight is 460 g/mol. The summed E-state index contributed by atoms with van der Waals surface area (Å²) in [6.07, 6.45) is 0.0283. The van der Waals surface area contributed by atoms with Gasteiger partial charge >= 0.3 is 5.97 Å². The highest BCUT2D eigenvalue weighted by molar-refractivity contribution is 6.00.